The first-order chi connectivity index (χ1) is 9.80. The van der Waals surface area contributed by atoms with Crippen LogP contribution in [-0.2, 0) is 11.2 Å². The number of rotatable bonds is 7. The quantitative estimate of drug-likeness (QED) is 0.606. The van der Waals surface area contributed by atoms with Crippen molar-refractivity contribution < 1.29 is 19.8 Å². The van der Waals surface area contributed by atoms with Crippen molar-refractivity contribution in [2.45, 2.75) is 38.3 Å². The Hall–Kier alpha value is -2.08. The molecule has 1 aromatic carbocycles. The van der Waals surface area contributed by atoms with Gasteiger partial charge in [0.05, 0.1) is 6.54 Å². The van der Waals surface area contributed by atoms with Crippen molar-refractivity contribution in [3.63, 3.8) is 0 Å². The lowest BCUT2D eigenvalue weighted by Crippen LogP contribution is -2.50. The molecule has 0 heterocycles. The normalized spacial score (nSPS) is 12.5. The number of hydrogen-bond donors (Lipinski definition) is 4. The lowest BCUT2D eigenvalue weighted by atomic mass is 9.95. The lowest BCUT2D eigenvalue weighted by molar-refractivity contribution is -0.146. The number of nitrogens with one attached hydrogen (secondary N) is 2. The summed E-state index contributed by atoms with van der Waals surface area (Å²) in [6.45, 7) is 3.46. The van der Waals surface area contributed by atoms with Gasteiger partial charge in [-0.15, -0.1) is 0 Å². The van der Waals surface area contributed by atoms with Crippen molar-refractivity contribution in [3.05, 3.63) is 35.9 Å². The van der Waals surface area contributed by atoms with Crippen LogP contribution < -0.4 is 10.6 Å². The van der Waals surface area contributed by atoms with Crippen LogP contribution in [0.5, 0.6) is 0 Å². The number of aliphatic hydroxyl groups is 1. The number of urea groups is 1. The van der Waals surface area contributed by atoms with Gasteiger partial charge in [-0.25, -0.2) is 9.59 Å². The first-order valence-corrected chi connectivity index (χ1v) is 6.81. The van der Waals surface area contributed by atoms with Crippen LogP contribution >= 0.6 is 0 Å². The molecule has 2 amide bonds. The second-order valence-corrected chi connectivity index (χ2v) is 5.56. The summed E-state index contributed by atoms with van der Waals surface area (Å²) in [6.07, 6.45) is -0.0270. The largest absolute Gasteiger partial charge is 0.479 e. The van der Waals surface area contributed by atoms with Crippen molar-refractivity contribution in [1.82, 2.24) is 10.6 Å². The second-order valence-electron chi connectivity index (χ2n) is 5.56. The molecule has 6 nitrogen and oxygen atoms in total. The highest BCUT2D eigenvalue weighted by molar-refractivity contribution is 5.77. The smallest absolute Gasteiger partial charge is 0.334 e. The summed E-state index contributed by atoms with van der Waals surface area (Å²) < 4.78 is 0. The zero-order chi connectivity index (χ0) is 15.9. The van der Waals surface area contributed by atoms with Gasteiger partial charge in [-0.2, -0.15) is 0 Å². The van der Waals surface area contributed by atoms with E-state index >= 15 is 0 Å². The van der Waals surface area contributed by atoms with Crippen LogP contribution in [0, 0.1) is 0 Å². The predicted octanol–water partition coefficient (Wildman–Crippen LogP) is 1.14. The van der Waals surface area contributed by atoms with E-state index in [4.69, 9.17) is 10.2 Å². The molecular formula is C15H22N2O4. The van der Waals surface area contributed by atoms with Crippen molar-refractivity contribution >= 4 is 12.0 Å². The molecule has 1 rings (SSSR count). The van der Waals surface area contributed by atoms with Crippen LogP contribution in [-0.4, -0.2) is 40.4 Å². The summed E-state index contributed by atoms with van der Waals surface area (Å²) in [4.78, 5) is 22.1. The fourth-order valence-electron chi connectivity index (χ4n) is 1.79. The average Bonchev–Trinajstić information content (AvgIpc) is 2.43. The molecule has 0 aliphatic rings. The highest BCUT2D eigenvalue weighted by Crippen LogP contribution is 2.13. The number of hydrogen-bond acceptors (Lipinski definition) is 3. The van der Waals surface area contributed by atoms with E-state index in [0.29, 0.717) is 0 Å². The Labute approximate surface area is 124 Å². The van der Waals surface area contributed by atoms with Gasteiger partial charge in [0, 0.05) is 5.54 Å². The fraction of sp³-hybridized carbons (Fsp3) is 0.467. The van der Waals surface area contributed by atoms with Gasteiger partial charge in [0.1, 0.15) is 0 Å². The van der Waals surface area contributed by atoms with Crippen molar-refractivity contribution in [2.24, 2.45) is 0 Å². The molecule has 1 aromatic rings. The lowest BCUT2D eigenvalue weighted by Gasteiger charge is -2.26. The molecule has 0 aromatic heterocycles. The van der Waals surface area contributed by atoms with E-state index in [1.54, 1.807) is 0 Å². The maximum absolute atomic E-state index is 11.7. The molecule has 0 saturated heterocycles. The molecule has 4 N–H and O–H groups in total. The number of aliphatic hydroxyl groups excluding tert-OH is 1. The van der Waals surface area contributed by atoms with Crippen LogP contribution in [0.4, 0.5) is 4.79 Å². The van der Waals surface area contributed by atoms with Crippen molar-refractivity contribution in [2.75, 3.05) is 6.54 Å². The Morgan fingerprint density at radius 2 is 1.86 bits per heavy atom. The van der Waals surface area contributed by atoms with Crippen LogP contribution in [0.25, 0.3) is 0 Å². The molecule has 0 radical (unpaired) electrons. The summed E-state index contributed by atoms with van der Waals surface area (Å²) in [5.74, 6) is -1.36. The molecule has 116 valence electrons. The molecular weight excluding hydrogens is 272 g/mol. The number of aliphatic carboxylic acids is 1. The summed E-state index contributed by atoms with van der Waals surface area (Å²) in [5.41, 5.74) is 0.753. The summed E-state index contributed by atoms with van der Waals surface area (Å²) >= 11 is 0. The highest BCUT2D eigenvalue weighted by atomic mass is 16.4. The monoisotopic (exact) mass is 294 g/mol. The Bertz CT molecular complexity index is 474. The van der Waals surface area contributed by atoms with Gasteiger partial charge in [-0.1, -0.05) is 30.3 Å². The molecule has 0 bridgehead atoms. The Balaban J connectivity index is 2.37. The maximum atomic E-state index is 11.7. The van der Waals surface area contributed by atoms with Gasteiger partial charge < -0.3 is 20.8 Å². The van der Waals surface area contributed by atoms with Gasteiger partial charge in [0.2, 0.25) is 0 Å². The number of carbonyl (C=O) groups excluding carboxylic acids is 1. The van der Waals surface area contributed by atoms with Gasteiger partial charge in [0.15, 0.2) is 6.10 Å². The zero-order valence-electron chi connectivity index (χ0n) is 12.3. The van der Waals surface area contributed by atoms with Crippen molar-refractivity contribution in [1.29, 1.82) is 0 Å². The van der Waals surface area contributed by atoms with E-state index in [0.717, 1.165) is 12.8 Å². The van der Waals surface area contributed by atoms with Crippen LogP contribution in [0.1, 0.15) is 25.8 Å². The van der Waals surface area contributed by atoms with Gasteiger partial charge in [0.25, 0.3) is 0 Å². The molecule has 1 unspecified atom stereocenters. The fourth-order valence-corrected chi connectivity index (χ4v) is 1.79. The first-order valence-electron chi connectivity index (χ1n) is 6.81. The molecule has 0 aliphatic carbocycles. The molecule has 21 heavy (non-hydrogen) atoms. The van der Waals surface area contributed by atoms with Crippen molar-refractivity contribution in [3.8, 4) is 0 Å². The molecule has 1 atom stereocenters. The Morgan fingerprint density at radius 1 is 1.24 bits per heavy atom. The molecule has 0 saturated carbocycles. The van der Waals surface area contributed by atoms with E-state index < -0.39 is 23.6 Å². The summed E-state index contributed by atoms with van der Waals surface area (Å²) in [6, 6.07) is 9.45. The van der Waals surface area contributed by atoms with Gasteiger partial charge in [-0.05, 0) is 32.3 Å². The van der Waals surface area contributed by atoms with Crippen LogP contribution in [0.15, 0.2) is 30.3 Å². The van der Waals surface area contributed by atoms with E-state index in [-0.39, 0.29) is 6.54 Å². The van der Waals surface area contributed by atoms with Gasteiger partial charge >= 0.3 is 12.0 Å². The second kappa shape index (κ2) is 7.64. The minimum absolute atomic E-state index is 0.323. The van der Waals surface area contributed by atoms with Gasteiger partial charge in [-0.3, -0.25) is 0 Å². The topological polar surface area (TPSA) is 98.7 Å². The minimum atomic E-state index is -1.59. The molecule has 0 fully saturated rings. The SMILES string of the molecule is CC(C)(CCc1ccccc1)NC(=O)NCC(O)C(=O)O. The average molecular weight is 294 g/mol. The number of carboxylic acid groups (broad SMARTS) is 1. The van der Waals surface area contributed by atoms with Crippen LogP contribution in [0.3, 0.4) is 0 Å². The standard InChI is InChI=1S/C15H22N2O4/c1-15(2,9-8-11-6-4-3-5-7-11)17-14(21)16-10-12(18)13(19)20/h3-7,12,18H,8-10H2,1-2H3,(H,19,20)(H2,16,17,21). The van der Waals surface area contributed by atoms with E-state index in [2.05, 4.69) is 10.6 Å². The molecule has 0 aliphatic heterocycles. The predicted molar refractivity (Wildman–Crippen MR) is 79.0 cm³/mol. The zero-order valence-corrected chi connectivity index (χ0v) is 12.3. The highest BCUT2D eigenvalue weighted by Gasteiger charge is 2.21. The molecule has 6 heteroatoms. The van der Waals surface area contributed by atoms with E-state index in [1.165, 1.54) is 5.56 Å². The van der Waals surface area contributed by atoms with E-state index in [9.17, 15) is 9.59 Å². The number of carbonyl (C=O) groups is 2. The maximum Gasteiger partial charge on any atom is 0.334 e. The number of carboxylic acids is 1. The van der Waals surface area contributed by atoms with E-state index in [1.807, 2.05) is 44.2 Å². The third-order valence-electron chi connectivity index (χ3n) is 3.07. The Morgan fingerprint density at radius 3 is 2.43 bits per heavy atom. The first kappa shape index (κ1) is 17.0. The third kappa shape index (κ3) is 6.76. The molecule has 0 spiro atoms. The third-order valence-corrected chi connectivity index (χ3v) is 3.07. The number of aryl methyl sites for hydroxylation is 1. The van der Waals surface area contributed by atoms with Crippen LogP contribution in [0.2, 0.25) is 0 Å². The summed E-state index contributed by atoms with van der Waals surface area (Å²) in [5, 5.41) is 22.7. The minimum Gasteiger partial charge on any atom is -0.479 e. The number of amides is 2. The summed E-state index contributed by atoms with van der Waals surface area (Å²) in [7, 11) is 0. The number of benzene rings is 1. The Kier molecular flexibility index (Phi) is 6.17.